The normalized spacial score (nSPS) is 17.9. The van der Waals surface area contributed by atoms with Crippen LogP contribution in [0.25, 0.3) is 0 Å². The lowest BCUT2D eigenvalue weighted by Gasteiger charge is -2.26. The van der Waals surface area contributed by atoms with Gasteiger partial charge in [0.1, 0.15) is 5.54 Å². The van der Waals surface area contributed by atoms with Crippen molar-refractivity contribution in [2.75, 3.05) is 6.61 Å². The number of hydrogen-bond acceptors (Lipinski definition) is 3. The van der Waals surface area contributed by atoms with E-state index in [0.29, 0.717) is 19.4 Å². The molecule has 1 amide bonds. The quantitative estimate of drug-likeness (QED) is 0.537. The molecule has 0 aromatic rings. The number of esters is 1. The summed E-state index contributed by atoms with van der Waals surface area (Å²) >= 11 is 0. The Bertz CT molecular complexity index is 263. The van der Waals surface area contributed by atoms with Gasteiger partial charge in [0.15, 0.2) is 0 Å². The molecule has 4 heteroatoms. The molecule has 0 saturated heterocycles. The van der Waals surface area contributed by atoms with Crippen LogP contribution in [0.5, 0.6) is 0 Å². The number of ether oxygens (including phenoxy) is 1. The number of rotatable bonds is 3. The second-order valence-electron chi connectivity index (χ2n) is 3.36. The van der Waals surface area contributed by atoms with Crippen molar-refractivity contribution in [2.24, 2.45) is 0 Å². The summed E-state index contributed by atoms with van der Waals surface area (Å²) in [6, 6.07) is 0. The molecular formula is C10H15NO3. The fourth-order valence-corrected chi connectivity index (χ4v) is 1.58. The molecule has 4 nitrogen and oxygen atoms in total. The maximum absolute atomic E-state index is 11.6. The van der Waals surface area contributed by atoms with Crippen LogP contribution in [0.15, 0.2) is 12.2 Å². The molecule has 0 radical (unpaired) electrons. The van der Waals surface area contributed by atoms with Crippen LogP contribution < -0.4 is 5.32 Å². The standard InChI is InChI=1S/C10H15NO3/c1-3-14-9(13)10(11-8(2)12)6-4-5-7-10/h4-5H,3,6-7H2,1-2H3,(H,11,12). The lowest BCUT2D eigenvalue weighted by molar-refractivity contribution is -0.152. The third-order valence-corrected chi connectivity index (χ3v) is 2.18. The zero-order chi connectivity index (χ0) is 10.6. The summed E-state index contributed by atoms with van der Waals surface area (Å²) in [5.41, 5.74) is -0.845. The van der Waals surface area contributed by atoms with Crippen molar-refractivity contribution in [3.8, 4) is 0 Å². The van der Waals surface area contributed by atoms with Crippen molar-refractivity contribution >= 4 is 11.9 Å². The summed E-state index contributed by atoms with van der Waals surface area (Å²) < 4.78 is 4.94. The molecule has 0 spiro atoms. The fraction of sp³-hybridized carbons (Fsp3) is 0.600. The summed E-state index contributed by atoms with van der Waals surface area (Å²) in [5, 5.41) is 2.66. The molecular weight excluding hydrogens is 182 g/mol. The molecule has 14 heavy (non-hydrogen) atoms. The molecule has 0 heterocycles. The van der Waals surface area contributed by atoms with Crippen molar-refractivity contribution in [1.29, 1.82) is 0 Å². The zero-order valence-corrected chi connectivity index (χ0v) is 8.50. The fourth-order valence-electron chi connectivity index (χ4n) is 1.58. The summed E-state index contributed by atoms with van der Waals surface area (Å²) in [4.78, 5) is 22.6. The average Bonchev–Trinajstić information content (AvgIpc) is 2.53. The van der Waals surface area contributed by atoms with E-state index in [2.05, 4.69) is 5.32 Å². The Morgan fingerprint density at radius 3 is 2.43 bits per heavy atom. The molecule has 0 aromatic heterocycles. The maximum Gasteiger partial charge on any atom is 0.332 e. The van der Waals surface area contributed by atoms with Crippen molar-refractivity contribution < 1.29 is 14.3 Å². The summed E-state index contributed by atoms with van der Waals surface area (Å²) in [6.45, 7) is 3.49. The van der Waals surface area contributed by atoms with Gasteiger partial charge in [0, 0.05) is 6.92 Å². The minimum absolute atomic E-state index is 0.207. The van der Waals surface area contributed by atoms with Crippen LogP contribution in [0.1, 0.15) is 26.7 Å². The van der Waals surface area contributed by atoms with Gasteiger partial charge in [-0.3, -0.25) is 4.79 Å². The topological polar surface area (TPSA) is 55.4 Å². The van der Waals surface area contributed by atoms with Crippen LogP contribution >= 0.6 is 0 Å². The van der Waals surface area contributed by atoms with Gasteiger partial charge in [0.2, 0.25) is 5.91 Å². The predicted molar refractivity (Wildman–Crippen MR) is 51.6 cm³/mol. The first-order chi connectivity index (χ1) is 6.60. The summed E-state index contributed by atoms with van der Waals surface area (Å²) in [6.07, 6.45) is 4.80. The van der Waals surface area contributed by atoms with E-state index < -0.39 is 5.54 Å². The Kier molecular flexibility index (Phi) is 3.28. The third-order valence-electron chi connectivity index (χ3n) is 2.18. The SMILES string of the molecule is CCOC(=O)C1(NC(C)=O)CC=CC1. The molecule has 1 N–H and O–H groups in total. The van der Waals surface area contributed by atoms with Gasteiger partial charge in [-0.1, -0.05) is 12.2 Å². The van der Waals surface area contributed by atoms with Crippen LogP contribution in [-0.4, -0.2) is 24.0 Å². The molecule has 1 aliphatic rings. The Labute approximate surface area is 83.3 Å². The van der Waals surface area contributed by atoms with E-state index in [-0.39, 0.29) is 11.9 Å². The highest BCUT2D eigenvalue weighted by Crippen LogP contribution is 2.25. The molecule has 78 valence electrons. The highest BCUT2D eigenvalue weighted by Gasteiger charge is 2.40. The van der Waals surface area contributed by atoms with Gasteiger partial charge >= 0.3 is 5.97 Å². The molecule has 0 aromatic carbocycles. The van der Waals surface area contributed by atoms with Gasteiger partial charge in [0.05, 0.1) is 6.61 Å². The first kappa shape index (κ1) is 10.8. The van der Waals surface area contributed by atoms with E-state index in [4.69, 9.17) is 4.74 Å². The Morgan fingerprint density at radius 1 is 1.43 bits per heavy atom. The molecule has 0 unspecified atom stereocenters. The number of nitrogens with one attached hydrogen (secondary N) is 1. The number of carbonyl (C=O) groups excluding carboxylic acids is 2. The van der Waals surface area contributed by atoms with Crippen molar-refractivity contribution in [3.63, 3.8) is 0 Å². The van der Waals surface area contributed by atoms with Crippen molar-refractivity contribution in [2.45, 2.75) is 32.2 Å². The second kappa shape index (κ2) is 4.26. The minimum Gasteiger partial charge on any atom is -0.464 e. The highest BCUT2D eigenvalue weighted by atomic mass is 16.5. The van der Waals surface area contributed by atoms with Gasteiger partial charge in [-0.05, 0) is 19.8 Å². The smallest absolute Gasteiger partial charge is 0.332 e. The summed E-state index contributed by atoms with van der Waals surface area (Å²) in [7, 11) is 0. The first-order valence-corrected chi connectivity index (χ1v) is 4.72. The highest BCUT2D eigenvalue weighted by molar-refractivity contribution is 5.88. The van der Waals surface area contributed by atoms with Crippen LogP contribution in [0.2, 0.25) is 0 Å². The third kappa shape index (κ3) is 2.13. The van der Waals surface area contributed by atoms with E-state index in [9.17, 15) is 9.59 Å². The van der Waals surface area contributed by atoms with E-state index in [1.807, 2.05) is 12.2 Å². The molecule has 1 aliphatic carbocycles. The largest absolute Gasteiger partial charge is 0.464 e. The van der Waals surface area contributed by atoms with E-state index >= 15 is 0 Å². The molecule has 0 saturated carbocycles. The number of carbonyl (C=O) groups is 2. The lowest BCUT2D eigenvalue weighted by Crippen LogP contribution is -2.52. The average molecular weight is 197 g/mol. The minimum atomic E-state index is -0.845. The molecule has 1 rings (SSSR count). The second-order valence-corrected chi connectivity index (χ2v) is 3.36. The Morgan fingerprint density at radius 2 is 2.00 bits per heavy atom. The predicted octanol–water partition coefficient (Wildman–Crippen LogP) is 0.774. The first-order valence-electron chi connectivity index (χ1n) is 4.72. The molecule has 0 bridgehead atoms. The van der Waals surface area contributed by atoms with E-state index in [1.54, 1.807) is 6.92 Å². The van der Waals surface area contributed by atoms with Crippen molar-refractivity contribution in [1.82, 2.24) is 5.32 Å². The lowest BCUT2D eigenvalue weighted by atomic mass is 9.97. The monoisotopic (exact) mass is 197 g/mol. The van der Waals surface area contributed by atoms with Crippen LogP contribution in [0, 0.1) is 0 Å². The van der Waals surface area contributed by atoms with Crippen LogP contribution in [0.4, 0.5) is 0 Å². The van der Waals surface area contributed by atoms with Crippen LogP contribution in [0.3, 0.4) is 0 Å². The number of amides is 1. The molecule has 0 fully saturated rings. The van der Waals surface area contributed by atoms with Gasteiger partial charge in [-0.2, -0.15) is 0 Å². The maximum atomic E-state index is 11.6. The van der Waals surface area contributed by atoms with Gasteiger partial charge < -0.3 is 10.1 Å². The van der Waals surface area contributed by atoms with E-state index in [1.165, 1.54) is 6.92 Å². The Balaban J connectivity index is 2.71. The molecule has 0 atom stereocenters. The van der Waals surface area contributed by atoms with Gasteiger partial charge in [-0.15, -0.1) is 0 Å². The number of hydrogen-bond donors (Lipinski definition) is 1. The Hall–Kier alpha value is -1.32. The summed E-state index contributed by atoms with van der Waals surface area (Å²) in [5.74, 6) is -0.554. The van der Waals surface area contributed by atoms with Gasteiger partial charge in [0.25, 0.3) is 0 Å². The van der Waals surface area contributed by atoms with Gasteiger partial charge in [-0.25, -0.2) is 4.79 Å². The van der Waals surface area contributed by atoms with Crippen LogP contribution in [-0.2, 0) is 14.3 Å². The van der Waals surface area contributed by atoms with Crippen molar-refractivity contribution in [3.05, 3.63) is 12.2 Å². The zero-order valence-electron chi connectivity index (χ0n) is 8.50. The van der Waals surface area contributed by atoms with E-state index in [0.717, 1.165) is 0 Å². The molecule has 0 aliphatic heterocycles.